The highest BCUT2D eigenvalue weighted by molar-refractivity contribution is 7.89. The number of nitrogens with zero attached hydrogens (tertiary/aromatic N) is 5. The number of imidazole rings is 1. The van der Waals surface area contributed by atoms with Crippen LogP contribution in [0.25, 0.3) is 16.2 Å². The van der Waals surface area contributed by atoms with E-state index in [1.807, 2.05) is 18.7 Å². The van der Waals surface area contributed by atoms with Crippen LogP contribution in [0.5, 0.6) is 0 Å². The summed E-state index contributed by atoms with van der Waals surface area (Å²) in [5, 5.41) is 16.8. The van der Waals surface area contributed by atoms with Crippen LogP contribution in [0.4, 0.5) is 14.5 Å². The number of aromatic nitrogens is 4. The first-order chi connectivity index (χ1) is 16.1. The van der Waals surface area contributed by atoms with Gasteiger partial charge in [-0.05, 0) is 38.8 Å². The summed E-state index contributed by atoms with van der Waals surface area (Å²) in [6, 6.07) is 3.03. The third-order valence-electron chi connectivity index (χ3n) is 5.99. The molecule has 0 unspecified atom stereocenters. The number of benzene rings is 1. The van der Waals surface area contributed by atoms with Crippen LogP contribution in [-0.4, -0.2) is 70.7 Å². The van der Waals surface area contributed by atoms with Crippen LogP contribution in [0.2, 0.25) is 0 Å². The number of hydrogen-bond donors (Lipinski definition) is 2. The van der Waals surface area contributed by atoms with E-state index in [0.717, 1.165) is 12.8 Å². The molecule has 3 aromatic rings. The van der Waals surface area contributed by atoms with Gasteiger partial charge in [-0.25, -0.2) is 26.9 Å². The average Bonchev–Trinajstić information content (AvgIpc) is 3.18. The maximum atomic E-state index is 13.3. The normalized spacial score (nSPS) is 22.6. The van der Waals surface area contributed by atoms with Crippen LogP contribution in [-0.2, 0) is 14.8 Å². The number of aliphatic hydroxyl groups is 1. The number of sulfonamides is 1. The van der Waals surface area contributed by atoms with E-state index in [4.69, 9.17) is 4.74 Å². The molecule has 1 saturated heterocycles. The van der Waals surface area contributed by atoms with Gasteiger partial charge < -0.3 is 14.7 Å². The highest BCUT2D eigenvalue weighted by Gasteiger charge is 2.41. The van der Waals surface area contributed by atoms with Crippen molar-refractivity contribution in [2.75, 3.05) is 24.6 Å². The Kier molecular flexibility index (Phi) is 5.83. The molecular weight excluding hydrogens is 490 g/mol. The Hall–Kier alpha value is -2.26. The molecule has 1 saturated carbocycles. The summed E-state index contributed by atoms with van der Waals surface area (Å²) >= 11 is 0.712. The molecule has 2 fully saturated rings. The minimum absolute atomic E-state index is 0.0307. The standard InChI is InChI=1S/C20H24F2N6O4S2/c1-11-7-27(8-12(9-29)32-11)14-5-13(34(30,31)26-20(2)3-4-20)6-15-16(14)23-10-28(15)19-25-24-18(33-19)17(21)22/h5-6,10-12,17,26,29H,3-4,7-9H2,1-2H3/t11-,12-/m1/s1. The van der Waals surface area contributed by atoms with Gasteiger partial charge in [-0.3, -0.25) is 4.57 Å². The smallest absolute Gasteiger partial charge is 0.291 e. The van der Waals surface area contributed by atoms with Crippen LogP contribution in [0.3, 0.4) is 0 Å². The Balaban J connectivity index is 1.66. The van der Waals surface area contributed by atoms with Crippen molar-refractivity contribution in [2.45, 2.75) is 55.8 Å². The number of rotatable bonds is 7. The maximum absolute atomic E-state index is 13.3. The molecule has 0 spiro atoms. The molecule has 0 amide bonds. The number of morpholine rings is 1. The van der Waals surface area contributed by atoms with E-state index in [1.165, 1.54) is 17.0 Å². The van der Waals surface area contributed by atoms with Gasteiger partial charge in [0, 0.05) is 18.6 Å². The van der Waals surface area contributed by atoms with Crippen molar-refractivity contribution in [1.29, 1.82) is 0 Å². The number of alkyl halides is 2. The van der Waals surface area contributed by atoms with Gasteiger partial charge in [-0.1, -0.05) is 11.3 Å². The second kappa shape index (κ2) is 8.45. The zero-order valence-corrected chi connectivity index (χ0v) is 20.1. The second-order valence-corrected chi connectivity index (χ2v) is 11.6. The third-order valence-corrected chi connectivity index (χ3v) is 8.54. The summed E-state index contributed by atoms with van der Waals surface area (Å²) < 4.78 is 62.7. The van der Waals surface area contributed by atoms with E-state index in [-0.39, 0.29) is 22.7 Å². The number of nitrogens with one attached hydrogen (secondary N) is 1. The van der Waals surface area contributed by atoms with E-state index in [2.05, 4.69) is 19.9 Å². The highest BCUT2D eigenvalue weighted by atomic mass is 32.2. The Morgan fingerprint density at radius 2 is 2.09 bits per heavy atom. The second-order valence-electron chi connectivity index (χ2n) is 8.97. The Bertz CT molecular complexity index is 1320. The number of ether oxygens (including phenoxy) is 1. The largest absolute Gasteiger partial charge is 0.394 e. The van der Waals surface area contributed by atoms with Gasteiger partial charge in [-0.15, -0.1) is 10.2 Å². The van der Waals surface area contributed by atoms with Crippen molar-refractivity contribution in [2.24, 2.45) is 0 Å². The fraction of sp³-hybridized carbons (Fsp3) is 0.550. The molecule has 1 aliphatic carbocycles. The van der Waals surface area contributed by atoms with Crippen molar-refractivity contribution >= 4 is 38.1 Å². The molecule has 3 heterocycles. The van der Waals surface area contributed by atoms with Gasteiger partial charge in [0.15, 0.2) is 5.01 Å². The quantitative estimate of drug-likeness (QED) is 0.492. The zero-order chi connectivity index (χ0) is 24.3. The summed E-state index contributed by atoms with van der Waals surface area (Å²) in [6.07, 6.45) is -0.492. The van der Waals surface area contributed by atoms with E-state index in [0.29, 0.717) is 41.1 Å². The van der Waals surface area contributed by atoms with Crippen LogP contribution >= 0.6 is 11.3 Å². The Labute approximate surface area is 198 Å². The molecule has 34 heavy (non-hydrogen) atoms. The molecule has 1 aliphatic heterocycles. The van der Waals surface area contributed by atoms with E-state index in [9.17, 15) is 22.3 Å². The van der Waals surface area contributed by atoms with Crippen molar-refractivity contribution in [3.63, 3.8) is 0 Å². The van der Waals surface area contributed by atoms with Crippen molar-refractivity contribution < 1.29 is 27.0 Å². The molecule has 1 aromatic carbocycles. The third kappa shape index (κ3) is 4.40. The minimum Gasteiger partial charge on any atom is -0.394 e. The lowest BCUT2D eigenvalue weighted by atomic mass is 10.1. The first-order valence-electron chi connectivity index (χ1n) is 10.8. The number of aliphatic hydroxyl groups excluding tert-OH is 1. The van der Waals surface area contributed by atoms with Crippen LogP contribution < -0.4 is 9.62 Å². The molecule has 5 rings (SSSR count). The van der Waals surface area contributed by atoms with Crippen molar-refractivity contribution in [3.05, 3.63) is 23.5 Å². The fourth-order valence-electron chi connectivity index (χ4n) is 4.05. The maximum Gasteiger partial charge on any atom is 0.291 e. The molecule has 2 atom stereocenters. The summed E-state index contributed by atoms with van der Waals surface area (Å²) in [7, 11) is -3.88. The lowest BCUT2D eigenvalue weighted by Crippen LogP contribution is -2.48. The number of fused-ring (bicyclic) bond motifs is 1. The summed E-state index contributed by atoms with van der Waals surface area (Å²) in [4.78, 5) is 6.42. The summed E-state index contributed by atoms with van der Waals surface area (Å²) in [6.45, 7) is 4.33. The van der Waals surface area contributed by atoms with Gasteiger partial charge in [-0.2, -0.15) is 0 Å². The zero-order valence-electron chi connectivity index (χ0n) is 18.5. The van der Waals surface area contributed by atoms with E-state index in [1.54, 1.807) is 6.07 Å². The van der Waals surface area contributed by atoms with Crippen molar-refractivity contribution in [3.8, 4) is 5.13 Å². The van der Waals surface area contributed by atoms with Gasteiger partial charge in [0.2, 0.25) is 15.2 Å². The van der Waals surface area contributed by atoms with Crippen LogP contribution in [0.15, 0.2) is 23.4 Å². The Morgan fingerprint density at radius 3 is 2.74 bits per heavy atom. The number of hydrogen-bond acceptors (Lipinski definition) is 9. The van der Waals surface area contributed by atoms with E-state index < -0.39 is 33.1 Å². The summed E-state index contributed by atoms with van der Waals surface area (Å²) in [5.41, 5.74) is 0.950. The topological polar surface area (TPSA) is 122 Å². The van der Waals surface area contributed by atoms with Crippen LogP contribution in [0, 0.1) is 0 Å². The molecule has 10 nitrogen and oxygen atoms in total. The van der Waals surface area contributed by atoms with Crippen molar-refractivity contribution in [1.82, 2.24) is 24.5 Å². The molecular formula is C20H24F2N6O4S2. The molecule has 2 aromatic heterocycles. The molecule has 14 heteroatoms. The summed E-state index contributed by atoms with van der Waals surface area (Å²) in [5.74, 6) is 0. The SMILES string of the molecule is C[C@@H]1CN(c2cc(S(=O)(=O)NC3(C)CC3)cc3c2ncn3-c2nnc(C(F)F)s2)C[C@H](CO)O1. The molecule has 2 N–H and O–H groups in total. The molecule has 0 radical (unpaired) electrons. The van der Waals surface area contributed by atoms with Gasteiger partial charge >= 0.3 is 0 Å². The van der Waals surface area contributed by atoms with Crippen LogP contribution in [0.1, 0.15) is 38.1 Å². The highest BCUT2D eigenvalue weighted by Crippen LogP contribution is 2.38. The molecule has 2 aliphatic rings. The first-order valence-corrected chi connectivity index (χ1v) is 13.1. The predicted molar refractivity (Wildman–Crippen MR) is 121 cm³/mol. The predicted octanol–water partition coefficient (Wildman–Crippen LogP) is 2.23. The molecule has 184 valence electrons. The lowest BCUT2D eigenvalue weighted by molar-refractivity contribution is -0.0420. The van der Waals surface area contributed by atoms with Gasteiger partial charge in [0.1, 0.15) is 11.8 Å². The number of halogens is 2. The monoisotopic (exact) mass is 514 g/mol. The fourth-order valence-corrected chi connectivity index (χ4v) is 6.24. The molecule has 0 bridgehead atoms. The van der Waals surface area contributed by atoms with E-state index >= 15 is 0 Å². The average molecular weight is 515 g/mol. The minimum atomic E-state index is -3.88. The lowest BCUT2D eigenvalue weighted by Gasteiger charge is -2.37. The number of anilines is 1. The Morgan fingerprint density at radius 1 is 1.32 bits per heavy atom. The van der Waals surface area contributed by atoms with Gasteiger partial charge in [0.05, 0.1) is 34.9 Å². The first kappa shape index (κ1) is 23.5. The van der Waals surface area contributed by atoms with Gasteiger partial charge in [0.25, 0.3) is 6.43 Å².